The SMILES string of the molecule is C[C@@H]1Oc2ccc(NC(=O)Cc3coc4ccc5ccccc5c34)cc2NC1=O. The number of hydrogen-bond acceptors (Lipinski definition) is 4. The summed E-state index contributed by atoms with van der Waals surface area (Å²) in [6, 6.07) is 17.1. The van der Waals surface area contributed by atoms with Crippen LogP contribution in [0.2, 0.25) is 0 Å². The summed E-state index contributed by atoms with van der Waals surface area (Å²) in [5, 5.41) is 8.78. The van der Waals surface area contributed by atoms with Crippen LogP contribution < -0.4 is 15.4 Å². The highest BCUT2D eigenvalue weighted by atomic mass is 16.5. The summed E-state index contributed by atoms with van der Waals surface area (Å²) in [5.41, 5.74) is 2.72. The van der Waals surface area contributed by atoms with Crippen molar-refractivity contribution in [2.75, 3.05) is 10.6 Å². The van der Waals surface area contributed by atoms with Gasteiger partial charge in [0.1, 0.15) is 11.3 Å². The number of fused-ring (bicyclic) bond motifs is 4. The first-order chi connectivity index (χ1) is 14.1. The Hall–Kier alpha value is -3.80. The third kappa shape index (κ3) is 3.08. The topological polar surface area (TPSA) is 80.6 Å². The molecule has 1 aliphatic heterocycles. The van der Waals surface area contributed by atoms with Crippen molar-refractivity contribution in [1.82, 2.24) is 0 Å². The Labute approximate surface area is 166 Å². The first-order valence-corrected chi connectivity index (χ1v) is 9.38. The molecule has 0 spiro atoms. The molecule has 0 saturated heterocycles. The maximum atomic E-state index is 12.7. The second-order valence-electron chi connectivity index (χ2n) is 7.11. The number of hydrogen-bond donors (Lipinski definition) is 2. The zero-order chi connectivity index (χ0) is 20.0. The molecule has 6 heteroatoms. The molecule has 1 atom stereocenters. The molecule has 6 nitrogen and oxygen atoms in total. The van der Waals surface area contributed by atoms with Crippen molar-refractivity contribution in [3.05, 3.63) is 66.4 Å². The van der Waals surface area contributed by atoms with Crippen LogP contribution in [0.5, 0.6) is 5.75 Å². The van der Waals surface area contributed by atoms with E-state index in [-0.39, 0.29) is 18.2 Å². The van der Waals surface area contributed by atoms with Crippen molar-refractivity contribution in [1.29, 1.82) is 0 Å². The van der Waals surface area contributed by atoms with Crippen LogP contribution in [0.15, 0.2) is 65.3 Å². The predicted octanol–water partition coefficient (Wildman–Crippen LogP) is 4.49. The average Bonchev–Trinajstić information content (AvgIpc) is 3.12. The molecule has 0 unspecified atom stereocenters. The maximum absolute atomic E-state index is 12.7. The smallest absolute Gasteiger partial charge is 0.265 e. The number of benzene rings is 3. The number of anilines is 2. The van der Waals surface area contributed by atoms with E-state index in [1.165, 1.54) is 0 Å². The van der Waals surface area contributed by atoms with Gasteiger partial charge in [-0.3, -0.25) is 9.59 Å². The lowest BCUT2D eigenvalue weighted by Crippen LogP contribution is -2.34. The zero-order valence-electron chi connectivity index (χ0n) is 15.7. The summed E-state index contributed by atoms with van der Waals surface area (Å²) in [6.45, 7) is 1.69. The molecular formula is C23H18N2O4. The van der Waals surface area contributed by atoms with Crippen LogP contribution >= 0.6 is 0 Å². The highest BCUT2D eigenvalue weighted by molar-refractivity contribution is 6.09. The summed E-state index contributed by atoms with van der Waals surface area (Å²) in [4.78, 5) is 24.5. The third-order valence-electron chi connectivity index (χ3n) is 5.09. The summed E-state index contributed by atoms with van der Waals surface area (Å²) in [7, 11) is 0. The minimum atomic E-state index is -0.535. The highest BCUT2D eigenvalue weighted by Gasteiger charge is 2.23. The van der Waals surface area contributed by atoms with Crippen LogP contribution in [0.3, 0.4) is 0 Å². The summed E-state index contributed by atoms with van der Waals surface area (Å²) in [5.74, 6) is 0.206. The molecule has 3 aromatic carbocycles. The molecule has 1 aromatic heterocycles. The maximum Gasteiger partial charge on any atom is 0.265 e. The minimum Gasteiger partial charge on any atom is -0.479 e. The Morgan fingerprint density at radius 1 is 1.14 bits per heavy atom. The van der Waals surface area contributed by atoms with E-state index in [4.69, 9.17) is 9.15 Å². The summed E-state index contributed by atoms with van der Waals surface area (Å²) < 4.78 is 11.2. The van der Waals surface area contributed by atoms with Crippen LogP contribution in [0.4, 0.5) is 11.4 Å². The van der Waals surface area contributed by atoms with Crippen molar-refractivity contribution >= 4 is 44.9 Å². The molecular weight excluding hydrogens is 368 g/mol. The lowest BCUT2D eigenvalue weighted by Gasteiger charge is -2.23. The lowest BCUT2D eigenvalue weighted by atomic mass is 10.0. The van der Waals surface area contributed by atoms with Gasteiger partial charge in [-0.2, -0.15) is 0 Å². The van der Waals surface area contributed by atoms with Crippen LogP contribution in [0.1, 0.15) is 12.5 Å². The molecule has 0 radical (unpaired) electrons. The molecule has 0 saturated carbocycles. The molecule has 2 heterocycles. The average molecular weight is 386 g/mol. The van der Waals surface area contributed by atoms with E-state index in [9.17, 15) is 9.59 Å². The molecule has 144 valence electrons. The molecule has 1 aliphatic rings. The Morgan fingerprint density at radius 3 is 2.90 bits per heavy atom. The fraction of sp³-hybridized carbons (Fsp3) is 0.130. The number of carbonyl (C=O) groups is 2. The Bertz CT molecular complexity index is 1270. The van der Waals surface area contributed by atoms with E-state index in [2.05, 4.69) is 10.6 Å². The lowest BCUT2D eigenvalue weighted by molar-refractivity contribution is -0.122. The molecule has 2 N–H and O–H groups in total. The Balaban J connectivity index is 1.40. The quantitative estimate of drug-likeness (QED) is 0.544. The number of amides is 2. The van der Waals surface area contributed by atoms with E-state index in [0.717, 1.165) is 27.3 Å². The molecule has 0 aliphatic carbocycles. The number of rotatable bonds is 3. The monoisotopic (exact) mass is 386 g/mol. The predicted molar refractivity (Wildman–Crippen MR) is 111 cm³/mol. The van der Waals surface area contributed by atoms with Gasteiger partial charge in [-0.05, 0) is 42.0 Å². The second-order valence-corrected chi connectivity index (χ2v) is 7.11. The van der Waals surface area contributed by atoms with Gasteiger partial charge in [-0.15, -0.1) is 0 Å². The second kappa shape index (κ2) is 6.67. The van der Waals surface area contributed by atoms with Crippen molar-refractivity contribution in [3.8, 4) is 5.75 Å². The molecule has 29 heavy (non-hydrogen) atoms. The first-order valence-electron chi connectivity index (χ1n) is 9.38. The van der Waals surface area contributed by atoms with Crippen molar-refractivity contribution < 1.29 is 18.7 Å². The summed E-state index contributed by atoms with van der Waals surface area (Å²) >= 11 is 0. The normalized spacial score (nSPS) is 15.6. The third-order valence-corrected chi connectivity index (χ3v) is 5.09. The van der Waals surface area contributed by atoms with Crippen LogP contribution in [0, 0.1) is 0 Å². The van der Waals surface area contributed by atoms with Gasteiger partial charge < -0.3 is 19.8 Å². The standard InChI is InChI=1S/C23H18N2O4/c1-13-23(27)25-18-11-16(7-9-19(18)29-13)24-21(26)10-15-12-28-20-8-6-14-4-2-3-5-17(14)22(15)20/h2-9,11-13H,10H2,1H3,(H,24,26)(H,25,27)/t13-/m0/s1. The van der Waals surface area contributed by atoms with Gasteiger partial charge in [0, 0.05) is 16.6 Å². The summed E-state index contributed by atoms with van der Waals surface area (Å²) in [6.07, 6.45) is 1.28. The fourth-order valence-electron chi connectivity index (χ4n) is 3.67. The van der Waals surface area contributed by atoms with Gasteiger partial charge >= 0.3 is 0 Å². The molecule has 5 rings (SSSR count). The number of nitrogens with one attached hydrogen (secondary N) is 2. The molecule has 0 bridgehead atoms. The molecule has 4 aromatic rings. The highest BCUT2D eigenvalue weighted by Crippen LogP contribution is 2.33. The fourth-order valence-corrected chi connectivity index (χ4v) is 3.67. The first kappa shape index (κ1) is 17.3. The zero-order valence-corrected chi connectivity index (χ0v) is 15.7. The van der Waals surface area contributed by atoms with Crippen molar-refractivity contribution in [2.45, 2.75) is 19.4 Å². The van der Waals surface area contributed by atoms with Crippen LogP contribution in [0.25, 0.3) is 21.7 Å². The van der Waals surface area contributed by atoms with Crippen molar-refractivity contribution in [2.24, 2.45) is 0 Å². The number of furan rings is 1. The Kier molecular flexibility index (Phi) is 3.98. The van der Waals surface area contributed by atoms with Gasteiger partial charge in [0.05, 0.1) is 18.4 Å². The van der Waals surface area contributed by atoms with Crippen LogP contribution in [-0.2, 0) is 16.0 Å². The van der Waals surface area contributed by atoms with Crippen molar-refractivity contribution in [3.63, 3.8) is 0 Å². The van der Waals surface area contributed by atoms with Gasteiger partial charge in [0.2, 0.25) is 5.91 Å². The van der Waals surface area contributed by atoms with E-state index < -0.39 is 6.10 Å². The Morgan fingerprint density at radius 2 is 2.00 bits per heavy atom. The molecule has 0 fully saturated rings. The molecule has 2 amide bonds. The number of carbonyl (C=O) groups excluding carboxylic acids is 2. The van der Waals surface area contributed by atoms with Gasteiger partial charge in [-0.1, -0.05) is 30.3 Å². The van der Waals surface area contributed by atoms with E-state index in [1.54, 1.807) is 31.4 Å². The largest absolute Gasteiger partial charge is 0.479 e. The van der Waals surface area contributed by atoms with Gasteiger partial charge in [-0.25, -0.2) is 0 Å². The minimum absolute atomic E-state index is 0.169. The van der Waals surface area contributed by atoms with E-state index in [0.29, 0.717) is 17.1 Å². The van der Waals surface area contributed by atoms with Gasteiger partial charge in [0.25, 0.3) is 5.91 Å². The number of ether oxygens (including phenoxy) is 1. The van der Waals surface area contributed by atoms with E-state index >= 15 is 0 Å². The van der Waals surface area contributed by atoms with Crippen LogP contribution in [-0.4, -0.2) is 17.9 Å². The van der Waals surface area contributed by atoms with E-state index in [1.807, 2.05) is 36.4 Å². The van der Waals surface area contributed by atoms with Gasteiger partial charge in [0.15, 0.2) is 6.10 Å².